The molecule has 2 rings (SSSR count). The summed E-state index contributed by atoms with van der Waals surface area (Å²) in [6.45, 7) is -0.407. The fourth-order valence-corrected chi connectivity index (χ4v) is 3.92. The van der Waals surface area contributed by atoms with Crippen molar-refractivity contribution in [1.29, 1.82) is 0 Å². The highest BCUT2D eigenvalue weighted by Crippen LogP contribution is 2.37. The van der Waals surface area contributed by atoms with Crippen LogP contribution in [0.1, 0.15) is 19.3 Å². The zero-order valence-corrected chi connectivity index (χ0v) is 10.7. The summed E-state index contributed by atoms with van der Waals surface area (Å²) < 4.78 is 5.40. The SMILES string of the molecule is OC[C@H]1O[C@@H](SC2CCC(O)C2)[C@H](O)[C@@H](O)[C@H]1O. The predicted octanol–water partition coefficient (Wildman–Crippen LogP) is -1.57. The molecule has 2 unspecified atom stereocenters. The largest absolute Gasteiger partial charge is 0.394 e. The van der Waals surface area contributed by atoms with E-state index in [4.69, 9.17) is 9.84 Å². The number of hydrogen-bond acceptors (Lipinski definition) is 7. The minimum absolute atomic E-state index is 0.168. The minimum atomic E-state index is -1.32. The van der Waals surface area contributed by atoms with Gasteiger partial charge in [0, 0.05) is 5.25 Å². The molecule has 1 saturated carbocycles. The van der Waals surface area contributed by atoms with Gasteiger partial charge in [0.05, 0.1) is 12.7 Å². The van der Waals surface area contributed by atoms with E-state index in [2.05, 4.69) is 0 Å². The third kappa shape index (κ3) is 2.98. The van der Waals surface area contributed by atoms with Crippen molar-refractivity contribution in [2.45, 2.75) is 60.5 Å². The first-order chi connectivity index (χ1) is 8.52. The lowest BCUT2D eigenvalue weighted by Gasteiger charge is -2.40. The normalized spacial score (nSPS) is 49.5. The number of ether oxygens (including phenoxy) is 1. The van der Waals surface area contributed by atoms with Gasteiger partial charge in [0.25, 0.3) is 0 Å². The van der Waals surface area contributed by atoms with Crippen LogP contribution in [0.4, 0.5) is 0 Å². The number of hydrogen-bond donors (Lipinski definition) is 5. The molecule has 0 aromatic heterocycles. The first-order valence-corrected chi connectivity index (χ1v) is 7.11. The Morgan fingerprint density at radius 3 is 2.28 bits per heavy atom. The third-order valence-corrected chi connectivity index (χ3v) is 5.00. The molecule has 106 valence electrons. The number of aliphatic hydroxyl groups excluding tert-OH is 5. The van der Waals surface area contributed by atoms with Gasteiger partial charge in [-0.1, -0.05) is 0 Å². The molecule has 1 aliphatic heterocycles. The van der Waals surface area contributed by atoms with Gasteiger partial charge in [0.1, 0.15) is 29.9 Å². The summed E-state index contributed by atoms with van der Waals surface area (Å²) >= 11 is 1.35. The maximum Gasteiger partial charge on any atom is 0.132 e. The average molecular weight is 280 g/mol. The van der Waals surface area contributed by atoms with E-state index in [0.29, 0.717) is 6.42 Å². The topological polar surface area (TPSA) is 110 Å². The van der Waals surface area contributed by atoms with E-state index in [9.17, 15) is 20.4 Å². The lowest BCUT2D eigenvalue weighted by atomic mass is 10.0. The van der Waals surface area contributed by atoms with Crippen molar-refractivity contribution in [2.75, 3.05) is 6.61 Å². The number of aliphatic hydroxyl groups is 5. The van der Waals surface area contributed by atoms with Crippen LogP contribution in [0.5, 0.6) is 0 Å². The van der Waals surface area contributed by atoms with E-state index in [1.54, 1.807) is 0 Å². The van der Waals surface area contributed by atoms with E-state index < -0.39 is 36.5 Å². The molecular formula is C11H20O6S. The van der Waals surface area contributed by atoms with Gasteiger partial charge in [-0.05, 0) is 19.3 Å². The predicted molar refractivity (Wildman–Crippen MR) is 65.0 cm³/mol. The highest BCUT2D eigenvalue weighted by Gasteiger charge is 2.44. The van der Waals surface area contributed by atoms with Crippen LogP contribution in [0.2, 0.25) is 0 Å². The summed E-state index contributed by atoms with van der Waals surface area (Å²) in [5, 5.41) is 47.8. The first kappa shape index (κ1) is 14.5. The molecule has 5 N–H and O–H groups in total. The molecule has 7 atom stereocenters. The van der Waals surface area contributed by atoms with Gasteiger partial charge in [-0.2, -0.15) is 0 Å². The Labute approximate surface area is 110 Å². The van der Waals surface area contributed by atoms with Crippen molar-refractivity contribution in [3.63, 3.8) is 0 Å². The smallest absolute Gasteiger partial charge is 0.132 e. The first-order valence-electron chi connectivity index (χ1n) is 6.17. The second-order valence-electron chi connectivity index (χ2n) is 4.92. The quantitative estimate of drug-likeness (QED) is 0.425. The van der Waals surface area contributed by atoms with Crippen LogP contribution in [0.25, 0.3) is 0 Å². The Hall–Kier alpha value is 0.110. The Morgan fingerprint density at radius 1 is 1.00 bits per heavy atom. The maximum atomic E-state index is 9.85. The van der Waals surface area contributed by atoms with Crippen molar-refractivity contribution in [2.24, 2.45) is 0 Å². The van der Waals surface area contributed by atoms with Gasteiger partial charge in [-0.15, -0.1) is 11.8 Å². The van der Waals surface area contributed by atoms with Crippen LogP contribution in [-0.4, -0.2) is 73.3 Å². The van der Waals surface area contributed by atoms with Gasteiger partial charge in [0.2, 0.25) is 0 Å². The molecule has 0 aromatic rings. The van der Waals surface area contributed by atoms with Gasteiger partial charge in [-0.3, -0.25) is 0 Å². The molecule has 2 aliphatic rings. The fraction of sp³-hybridized carbons (Fsp3) is 1.00. The summed E-state index contributed by atoms with van der Waals surface area (Å²) in [5.41, 5.74) is -0.684. The summed E-state index contributed by atoms with van der Waals surface area (Å²) in [5.74, 6) is 0. The molecule has 1 aliphatic carbocycles. The van der Waals surface area contributed by atoms with Crippen LogP contribution < -0.4 is 0 Å². The van der Waals surface area contributed by atoms with Gasteiger partial charge >= 0.3 is 0 Å². The molecule has 0 radical (unpaired) electrons. The Morgan fingerprint density at radius 2 is 1.72 bits per heavy atom. The number of thioether (sulfide) groups is 1. The molecule has 0 aromatic carbocycles. The standard InChI is InChI=1S/C11H20O6S/c12-4-7-8(14)9(15)10(16)11(17-7)18-6-2-1-5(13)3-6/h5-16H,1-4H2/t5?,6?,7-,8+,9+,10-,11+/m1/s1. The molecule has 0 bridgehead atoms. The van der Waals surface area contributed by atoms with E-state index in [1.165, 1.54) is 11.8 Å². The molecule has 0 spiro atoms. The zero-order valence-electron chi connectivity index (χ0n) is 9.92. The lowest BCUT2D eigenvalue weighted by molar-refractivity contribution is -0.205. The van der Waals surface area contributed by atoms with Crippen molar-refractivity contribution >= 4 is 11.8 Å². The molecule has 2 fully saturated rings. The second-order valence-corrected chi connectivity index (χ2v) is 6.33. The lowest BCUT2D eigenvalue weighted by Crippen LogP contribution is -2.57. The second kappa shape index (κ2) is 6.04. The van der Waals surface area contributed by atoms with Gasteiger partial charge < -0.3 is 30.3 Å². The van der Waals surface area contributed by atoms with Crippen molar-refractivity contribution in [1.82, 2.24) is 0 Å². The fourth-order valence-electron chi connectivity index (χ4n) is 2.41. The van der Waals surface area contributed by atoms with Crippen LogP contribution in [0, 0.1) is 0 Å². The summed E-state index contributed by atoms with van der Waals surface area (Å²) in [4.78, 5) is 0. The summed E-state index contributed by atoms with van der Waals surface area (Å²) in [6.07, 6.45) is -2.78. The van der Waals surface area contributed by atoms with Crippen molar-refractivity contribution in [3.8, 4) is 0 Å². The maximum absolute atomic E-state index is 9.85. The number of rotatable bonds is 3. The highest BCUT2D eigenvalue weighted by molar-refractivity contribution is 8.00. The molecule has 7 heteroatoms. The van der Waals surface area contributed by atoms with Gasteiger partial charge in [-0.25, -0.2) is 0 Å². The van der Waals surface area contributed by atoms with Crippen LogP contribution in [0.15, 0.2) is 0 Å². The monoisotopic (exact) mass is 280 g/mol. The molecule has 6 nitrogen and oxygen atoms in total. The van der Waals surface area contributed by atoms with E-state index in [1.807, 2.05) is 0 Å². The third-order valence-electron chi connectivity index (χ3n) is 3.53. The Bertz CT molecular complexity index is 276. The zero-order chi connectivity index (χ0) is 13.3. The van der Waals surface area contributed by atoms with Crippen molar-refractivity contribution in [3.05, 3.63) is 0 Å². The highest BCUT2D eigenvalue weighted by atomic mass is 32.2. The van der Waals surface area contributed by atoms with Crippen LogP contribution >= 0.6 is 11.8 Å². The summed E-state index contributed by atoms with van der Waals surface area (Å²) in [7, 11) is 0. The Balaban J connectivity index is 1.94. The van der Waals surface area contributed by atoms with Gasteiger partial charge in [0.15, 0.2) is 0 Å². The van der Waals surface area contributed by atoms with Crippen LogP contribution in [0.3, 0.4) is 0 Å². The molecule has 18 heavy (non-hydrogen) atoms. The molecule has 1 heterocycles. The van der Waals surface area contributed by atoms with E-state index >= 15 is 0 Å². The Kier molecular flexibility index (Phi) is 4.87. The molecular weight excluding hydrogens is 260 g/mol. The van der Waals surface area contributed by atoms with Crippen LogP contribution in [-0.2, 0) is 4.74 Å². The summed E-state index contributed by atoms with van der Waals surface area (Å²) in [6, 6.07) is 0. The minimum Gasteiger partial charge on any atom is -0.394 e. The van der Waals surface area contributed by atoms with Crippen molar-refractivity contribution < 1.29 is 30.3 Å². The van der Waals surface area contributed by atoms with E-state index in [0.717, 1.165) is 12.8 Å². The molecule has 0 amide bonds. The van der Waals surface area contributed by atoms with E-state index in [-0.39, 0.29) is 11.4 Å². The average Bonchev–Trinajstić information content (AvgIpc) is 2.75. The molecule has 1 saturated heterocycles.